The van der Waals surface area contributed by atoms with E-state index in [2.05, 4.69) is 29.6 Å². The Bertz CT molecular complexity index is 989. The molecule has 3 aromatic carbocycles. The van der Waals surface area contributed by atoms with Crippen LogP contribution in [0.3, 0.4) is 0 Å². The minimum absolute atomic E-state index is 0.139. The fraction of sp³-hybridized carbons (Fsp3) is 0.240. The molecular formula is C25H28N2O3. The summed E-state index contributed by atoms with van der Waals surface area (Å²) in [5.74, 6) is 1.30. The Morgan fingerprint density at radius 3 is 2.30 bits per heavy atom. The minimum atomic E-state index is -0.177. The van der Waals surface area contributed by atoms with Crippen LogP contribution in [-0.2, 0) is 6.54 Å². The van der Waals surface area contributed by atoms with E-state index in [1.165, 1.54) is 0 Å². The number of nitrogens with zero attached hydrogens (tertiary/aromatic N) is 1. The van der Waals surface area contributed by atoms with Crippen LogP contribution in [0.25, 0.3) is 11.1 Å². The Kier molecular flexibility index (Phi) is 6.96. The summed E-state index contributed by atoms with van der Waals surface area (Å²) < 4.78 is 10.6. The van der Waals surface area contributed by atoms with Gasteiger partial charge in [0.15, 0.2) is 11.5 Å². The molecule has 5 nitrogen and oxygen atoms in total. The molecule has 0 radical (unpaired) electrons. The molecule has 3 aromatic rings. The number of benzene rings is 3. The van der Waals surface area contributed by atoms with Crippen molar-refractivity contribution in [3.8, 4) is 22.6 Å². The molecule has 1 atom stereocenters. The molecule has 3 rings (SSSR count). The zero-order valence-corrected chi connectivity index (χ0v) is 17.9. The third kappa shape index (κ3) is 4.92. The predicted molar refractivity (Wildman–Crippen MR) is 120 cm³/mol. The van der Waals surface area contributed by atoms with Crippen LogP contribution in [0.5, 0.6) is 11.5 Å². The van der Waals surface area contributed by atoms with E-state index in [4.69, 9.17) is 9.47 Å². The standard InChI is InChI=1S/C25H28N2O3/c1-18(20-14-15-23(29-3)24(16-20)30-4)26-25(28)27(2)17-21-12-8-9-13-22(21)19-10-6-5-7-11-19/h5-16,18H,17H2,1-4H3,(H,26,28). The molecule has 0 aromatic heterocycles. The second kappa shape index (κ2) is 9.83. The van der Waals surface area contributed by atoms with Gasteiger partial charge in [0.1, 0.15) is 0 Å². The Morgan fingerprint density at radius 2 is 1.60 bits per heavy atom. The lowest BCUT2D eigenvalue weighted by molar-refractivity contribution is 0.203. The van der Waals surface area contributed by atoms with Crippen LogP contribution in [0, 0.1) is 0 Å². The molecule has 1 unspecified atom stereocenters. The number of carbonyl (C=O) groups excluding carboxylic acids is 1. The number of hydrogen-bond acceptors (Lipinski definition) is 3. The van der Waals surface area contributed by atoms with Crippen molar-refractivity contribution >= 4 is 6.03 Å². The quantitative estimate of drug-likeness (QED) is 0.583. The Labute approximate surface area is 178 Å². The van der Waals surface area contributed by atoms with Gasteiger partial charge < -0.3 is 19.7 Å². The van der Waals surface area contributed by atoms with E-state index in [-0.39, 0.29) is 12.1 Å². The van der Waals surface area contributed by atoms with Crippen molar-refractivity contribution < 1.29 is 14.3 Å². The number of rotatable bonds is 7. The number of carbonyl (C=O) groups is 1. The summed E-state index contributed by atoms with van der Waals surface area (Å²) in [7, 11) is 5.01. The monoisotopic (exact) mass is 404 g/mol. The molecule has 0 spiro atoms. The fourth-order valence-corrected chi connectivity index (χ4v) is 3.39. The molecule has 156 valence electrons. The summed E-state index contributed by atoms with van der Waals surface area (Å²) >= 11 is 0. The van der Waals surface area contributed by atoms with Gasteiger partial charge in [-0.2, -0.15) is 0 Å². The fourth-order valence-electron chi connectivity index (χ4n) is 3.39. The van der Waals surface area contributed by atoms with Crippen LogP contribution in [-0.4, -0.2) is 32.2 Å². The van der Waals surface area contributed by atoms with Gasteiger partial charge in [-0.05, 0) is 41.3 Å². The number of ether oxygens (including phenoxy) is 2. The number of amides is 2. The lowest BCUT2D eigenvalue weighted by Gasteiger charge is -2.23. The summed E-state index contributed by atoms with van der Waals surface area (Å²) in [4.78, 5) is 14.5. The highest BCUT2D eigenvalue weighted by molar-refractivity contribution is 5.75. The highest BCUT2D eigenvalue weighted by atomic mass is 16.5. The van der Waals surface area contributed by atoms with Gasteiger partial charge in [0.05, 0.1) is 20.3 Å². The average molecular weight is 405 g/mol. The van der Waals surface area contributed by atoms with E-state index in [1.807, 2.05) is 55.5 Å². The average Bonchev–Trinajstić information content (AvgIpc) is 2.79. The molecule has 0 saturated heterocycles. The molecule has 0 fully saturated rings. The molecular weight excluding hydrogens is 376 g/mol. The maximum absolute atomic E-state index is 12.8. The van der Waals surface area contributed by atoms with Gasteiger partial charge in [-0.15, -0.1) is 0 Å². The van der Waals surface area contributed by atoms with Crippen molar-refractivity contribution in [1.82, 2.24) is 10.2 Å². The van der Waals surface area contributed by atoms with E-state index < -0.39 is 0 Å². The van der Waals surface area contributed by atoms with Crippen LogP contribution in [0.2, 0.25) is 0 Å². The SMILES string of the molecule is COc1ccc(C(C)NC(=O)N(C)Cc2ccccc2-c2ccccc2)cc1OC. The molecule has 0 aliphatic heterocycles. The molecule has 5 heteroatoms. The molecule has 0 bridgehead atoms. The van der Waals surface area contributed by atoms with Crippen molar-refractivity contribution in [1.29, 1.82) is 0 Å². The first-order valence-electron chi connectivity index (χ1n) is 9.90. The smallest absolute Gasteiger partial charge is 0.317 e. The van der Waals surface area contributed by atoms with Gasteiger partial charge >= 0.3 is 6.03 Å². The summed E-state index contributed by atoms with van der Waals surface area (Å²) in [5, 5.41) is 3.05. The van der Waals surface area contributed by atoms with E-state index in [9.17, 15) is 4.79 Å². The van der Waals surface area contributed by atoms with Gasteiger partial charge in [0.2, 0.25) is 0 Å². The van der Waals surface area contributed by atoms with Gasteiger partial charge in [0.25, 0.3) is 0 Å². The second-order valence-corrected chi connectivity index (χ2v) is 7.16. The Balaban J connectivity index is 1.70. The second-order valence-electron chi connectivity index (χ2n) is 7.16. The summed E-state index contributed by atoms with van der Waals surface area (Å²) in [6, 6.07) is 23.7. The van der Waals surface area contributed by atoms with Gasteiger partial charge in [0, 0.05) is 13.6 Å². The zero-order chi connectivity index (χ0) is 21.5. The van der Waals surface area contributed by atoms with Gasteiger partial charge in [-0.3, -0.25) is 0 Å². The normalized spacial score (nSPS) is 11.5. The first-order valence-corrected chi connectivity index (χ1v) is 9.90. The lowest BCUT2D eigenvalue weighted by Crippen LogP contribution is -2.38. The molecule has 0 saturated carbocycles. The number of urea groups is 1. The van der Waals surface area contributed by atoms with E-state index in [0.29, 0.717) is 18.0 Å². The molecule has 0 aliphatic rings. The third-order valence-corrected chi connectivity index (χ3v) is 5.10. The van der Waals surface area contributed by atoms with E-state index in [0.717, 1.165) is 22.3 Å². The molecule has 1 N–H and O–H groups in total. The molecule has 0 aliphatic carbocycles. The van der Waals surface area contributed by atoms with E-state index >= 15 is 0 Å². The Hall–Kier alpha value is -3.47. The van der Waals surface area contributed by atoms with Crippen LogP contribution in [0.4, 0.5) is 4.79 Å². The van der Waals surface area contributed by atoms with Crippen molar-refractivity contribution in [2.45, 2.75) is 19.5 Å². The van der Waals surface area contributed by atoms with Crippen LogP contribution in [0.15, 0.2) is 72.8 Å². The highest BCUT2D eigenvalue weighted by Crippen LogP contribution is 2.30. The maximum Gasteiger partial charge on any atom is 0.317 e. The van der Waals surface area contributed by atoms with Gasteiger partial charge in [-0.25, -0.2) is 4.79 Å². The number of hydrogen-bond donors (Lipinski definition) is 1. The lowest BCUT2D eigenvalue weighted by atomic mass is 9.99. The summed E-state index contributed by atoms with van der Waals surface area (Å²) in [5.41, 5.74) is 4.31. The van der Waals surface area contributed by atoms with Crippen molar-refractivity contribution in [2.24, 2.45) is 0 Å². The molecule has 0 heterocycles. The number of methoxy groups -OCH3 is 2. The predicted octanol–water partition coefficient (Wildman–Crippen LogP) is 5.27. The van der Waals surface area contributed by atoms with Crippen molar-refractivity contribution in [3.63, 3.8) is 0 Å². The Morgan fingerprint density at radius 1 is 0.933 bits per heavy atom. The van der Waals surface area contributed by atoms with Crippen LogP contribution < -0.4 is 14.8 Å². The van der Waals surface area contributed by atoms with Crippen molar-refractivity contribution in [3.05, 3.63) is 83.9 Å². The third-order valence-electron chi connectivity index (χ3n) is 5.10. The minimum Gasteiger partial charge on any atom is -0.493 e. The molecule has 2 amide bonds. The zero-order valence-electron chi connectivity index (χ0n) is 17.9. The van der Waals surface area contributed by atoms with E-state index in [1.54, 1.807) is 26.2 Å². The van der Waals surface area contributed by atoms with Crippen molar-refractivity contribution in [2.75, 3.05) is 21.3 Å². The van der Waals surface area contributed by atoms with Crippen LogP contribution >= 0.6 is 0 Å². The summed E-state index contributed by atoms with van der Waals surface area (Å²) in [6.07, 6.45) is 0. The number of nitrogens with one attached hydrogen (secondary N) is 1. The highest BCUT2D eigenvalue weighted by Gasteiger charge is 2.16. The van der Waals surface area contributed by atoms with Gasteiger partial charge in [-0.1, -0.05) is 60.7 Å². The topological polar surface area (TPSA) is 50.8 Å². The largest absolute Gasteiger partial charge is 0.493 e. The summed E-state index contributed by atoms with van der Waals surface area (Å²) in [6.45, 7) is 2.46. The first-order chi connectivity index (χ1) is 14.5. The molecule has 30 heavy (non-hydrogen) atoms. The van der Waals surface area contributed by atoms with Crippen LogP contribution in [0.1, 0.15) is 24.1 Å². The first kappa shape index (κ1) is 21.2. The maximum atomic E-state index is 12.8.